The number of nitrogens with two attached hydrogens (primary N) is 3. The second kappa shape index (κ2) is 13.7. The predicted octanol–water partition coefficient (Wildman–Crippen LogP) is -4.15. The maximum atomic E-state index is 12.5. The van der Waals surface area contributed by atoms with E-state index in [1.54, 1.807) is 0 Å². The molecule has 4 unspecified atom stereocenters. The summed E-state index contributed by atoms with van der Waals surface area (Å²) >= 11 is 7.82. The smallest absolute Gasteiger partial charge is 0.326 e. The third-order valence-corrected chi connectivity index (χ3v) is 4.44. The summed E-state index contributed by atoms with van der Waals surface area (Å²) in [5, 5.41) is 15.7. The number of carboxylic acids is 1. The van der Waals surface area contributed by atoms with Crippen LogP contribution in [0, 0.1) is 0 Å². The lowest BCUT2D eigenvalue weighted by Gasteiger charge is -2.24. The molecule has 0 heterocycles. The highest BCUT2D eigenvalue weighted by Gasteiger charge is 2.30. The standard InChI is InChI=1S/C15H26N6O7S2/c16-6(4-29)12(24)19-7(1-2-10(17)22)13(25)21-9(5-30)14(26)20-8(15(27)28)3-11(18)23/h6-9,29-30H,1-5,16H2,(H2,17,22)(H2,18,23)(H,19,24)(H,20,26)(H,21,25)(H,27,28). The molecule has 0 aromatic rings. The van der Waals surface area contributed by atoms with E-state index in [9.17, 15) is 28.8 Å². The number of carboxylic acid groups (broad SMARTS) is 1. The van der Waals surface area contributed by atoms with Crippen molar-refractivity contribution in [3.05, 3.63) is 0 Å². The molecule has 0 fully saturated rings. The van der Waals surface area contributed by atoms with E-state index < -0.39 is 66.1 Å². The molecule has 170 valence electrons. The van der Waals surface area contributed by atoms with Gasteiger partial charge in [-0.2, -0.15) is 25.3 Å². The van der Waals surface area contributed by atoms with Gasteiger partial charge in [0.2, 0.25) is 29.5 Å². The maximum Gasteiger partial charge on any atom is 0.326 e. The molecule has 0 spiro atoms. The Morgan fingerprint density at radius 3 is 1.70 bits per heavy atom. The maximum absolute atomic E-state index is 12.5. The van der Waals surface area contributed by atoms with Gasteiger partial charge in [0.05, 0.1) is 12.5 Å². The number of thiol groups is 2. The number of aliphatic carboxylic acids is 1. The van der Waals surface area contributed by atoms with Gasteiger partial charge in [-0.05, 0) is 6.42 Å². The van der Waals surface area contributed by atoms with Crippen LogP contribution in [0.25, 0.3) is 0 Å². The van der Waals surface area contributed by atoms with E-state index in [-0.39, 0.29) is 24.3 Å². The first kappa shape index (κ1) is 27.5. The van der Waals surface area contributed by atoms with Gasteiger partial charge in [-0.1, -0.05) is 0 Å². The largest absolute Gasteiger partial charge is 0.480 e. The molecule has 5 amide bonds. The number of amides is 5. The number of nitrogens with one attached hydrogen (secondary N) is 3. The van der Waals surface area contributed by atoms with Crippen molar-refractivity contribution in [1.29, 1.82) is 0 Å². The summed E-state index contributed by atoms with van der Waals surface area (Å²) in [5.74, 6) is -5.94. The first-order valence-corrected chi connectivity index (χ1v) is 9.87. The Hall–Kier alpha value is -2.52. The highest BCUT2D eigenvalue weighted by atomic mass is 32.1. The molecule has 0 saturated heterocycles. The van der Waals surface area contributed by atoms with E-state index >= 15 is 0 Å². The lowest BCUT2D eigenvalue weighted by Crippen LogP contribution is -2.58. The molecule has 4 atom stereocenters. The van der Waals surface area contributed by atoms with Gasteiger partial charge in [0.15, 0.2) is 0 Å². The van der Waals surface area contributed by atoms with Crippen molar-refractivity contribution in [2.45, 2.75) is 43.4 Å². The van der Waals surface area contributed by atoms with Gasteiger partial charge in [-0.15, -0.1) is 0 Å². The second-order valence-electron chi connectivity index (χ2n) is 6.17. The average Bonchev–Trinajstić information content (AvgIpc) is 2.66. The summed E-state index contributed by atoms with van der Waals surface area (Å²) in [6, 6.07) is -5.20. The van der Waals surface area contributed by atoms with Gasteiger partial charge in [-0.25, -0.2) is 4.79 Å². The first-order valence-electron chi connectivity index (χ1n) is 8.60. The lowest BCUT2D eigenvalue weighted by atomic mass is 10.1. The van der Waals surface area contributed by atoms with Crippen LogP contribution in [-0.2, 0) is 28.8 Å². The molecule has 0 bridgehead atoms. The van der Waals surface area contributed by atoms with E-state index in [0.29, 0.717) is 0 Å². The van der Waals surface area contributed by atoms with Crippen molar-refractivity contribution in [3.8, 4) is 0 Å². The Balaban J connectivity index is 5.26. The Morgan fingerprint density at radius 1 is 0.767 bits per heavy atom. The Morgan fingerprint density at radius 2 is 1.27 bits per heavy atom. The zero-order chi connectivity index (χ0) is 23.4. The normalized spacial score (nSPS) is 14.5. The molecule has 0 aliphatic rings. The first-order chi connectivity index (χ1) is 13.9. The third-order valence-electron chi connectivity index (χ3n) is 3.68. The molecule has 0 aliphatic heterocycles. The minimum Gasteiger partial charge on any atom is -0.480 e. The summed E-state index contributed by atoms with van der Waals surface area (Å²) in [6.45, 7) is 0. The zero-order valence-electron chi connectivity index (χ0n) is 15.9. The van der Waals surface area contributed by atoms with Gasteiger partial charge >= 0.3 is 5.97 Å². The van der Waals surface area contributed by atoms with Crippen LogP contribution in [0.2, 0.25) is 0 Å². The summed E-state index contributed by atoms with van der Waals surface area (Å²) in [4.78, 5) is 69.9. The molecule has 13 nitrogen and oxygen atoms in total. The number of hydrogen-bond donors (Lipinski definition) is 9. The van der Waals surface area contributed by atoms with Gasteiger partial charge < -0.3 is 38.3 Å². The molecule has 15 heteroatoms. The van der Waals surface area contributed by atoms with Gasteiger partial charge in [0.1, 0.15) is 18.1 Å². The fourth-order valence-corrected chi connectivity index (χ4v) is 2.48. The van der Waals surface area contributed by atoms with E-state index in [1.807, 2.05) is 0 Å². The molecular weight excluding hydrogens is 440 g/mol. The minimum atomic E-state index is -1.60. The molecule has 10 N–H and O–H groups in total. The molecule has 0 aromatic carbocycles. The highest BCUT2D eigenvalue weighted by molar-refractivity contribution is 7.80. The average molecular weight is 467 g/mol. The Bertz CT molecular complexity index is 678. The van der Waals surface area contributed by atoms with Crippen molar-refractivity contribution >= 4 is 60.8 Å². The second-order valence-corrected chi connectivity index (χ2v) is 6.90. The molecule has 0 aliphatic carbocycles. The number of primary amides is 2. The van der Waals surface area contributed by atoms with Gasteiger partial charge in [0, 0.05) is 17.9 Å². The molecule has 0 radical (unpaired) electrons. The lowest BCUT2D eigenvalue weighted by molar-refractivity contribution is -0.143. The van der Waals surface area contributed by atoms with Crippen LogP contribution in [0.1, 0.15) is 19.3 Å². The zero-order valence-corrected chi connectivity index (χ0v) is 17.7. The van der Waals surface area contributed by atoms with Crippen LogP contribution in [0.15, 0.2) is 0 Å². The van der Waals surface area contributed by atoms with E-state index in [2.05, 4.69) is 41.2 Å². The quantitative estimate of drug-likeness (QED) is 0.114. The van der Waals surface area contributed by atoms with Crippen LogP contribution < -0.4 is 33.2 Å². The number of hydrogen-bond acceptors (Lipinski definition) is 9. The molecule has 0 saturated carbocycles. The summed E-state index contributed by atoms with van der Waals surface area (Å²) in [5.41, 5.74) is 15.5. The van der Waals surface area contributed by atoms with Gasteiger partial charge in [0.25, 0.3) is 0 Å². The van der Waals surface area contributed by atoms with Crippen LogP contribution in [0.5, 0.6) is 0 Å². The van der Waals surface area contributed by atoms with Crippen molar-refractivity contribution in [1.82, 2.24) is 16.0 Å². The number of carbonyl (C=O) groups excluding carboxylic acids is 5. The monoisotopic (exact) mass is 466 g/mol. The van der Waals surface area contributed by atoms with Crippen molar-refractivity contribution in [3.63, 3.8) is 0 Å². The van der Waals surface area contributed by atoms with Crippen molar-refractivity contribution < 1.29 is 33.9 Å². The van der Waals surface area contributed by atoms with Crippen molar-refractivity contribution in [2.75, 3.05) is 11.5 Å². The predicted molar refractivity (Wildman–Crippen MR) is 111 cm³/mol. The van der Waals surface area contributed by atoms with Crippen molar-refractivity contribution in [2.24, 2.45) is 17.2 Å². The topological polar surface area (TPSA) is 237 Å². The Kier molecular flexibility index (Phi) is 12.5. The fraction of sp³-hybridized carbons (Fsp3) is 0.600. The summed E-state index contributed by atoms with van der Waals surface area (Å²) in [7, 11) is 0. The summed E-state index contributed by atoms with van der Waals surface area (Å²) in [6.07, 6.45) is -1.08. The fourth-order valence-electron chi connectivity index (χ4n) is 2.06. The van der Waals surface area contributed by atoms with Crippen LogP contribution >= 0.6 is 25.3 Å². The number of rotatable bonds is 14. The van der Waals surface area contributed by atoms with E-state index in [4.69, 9.17) is 22.3 Å². The minimum absolute atomic E-state index is 0.00585. The molecule has 30 heavy (non-hydrogen) atoms. The van der Waals surface area contributed by atoms with Crippen LogP contribution in [-0.4, -0.2) is 76.3 Å². The molecular formula is C15H26N6O7S2. The Labute approximate surface area is 183 Å². The van der Waals surface area contributed by atoms with Gasteiger partial charge in [-0.3, -0.25) is 24.0 Å². The molecule has 0 aromatic heterocycles. The SMILES string of the molecule is NC(=O)CCC(NC(=O)C(N)CS)C(=O)NC(CS)C(=O)NC(CC(N)=O)C(=O)O. The number of carbonyl (C=O) groups is 6. The molecule has 0 rings (SSSR count). The van der Waals surface area contributed by atoms with E-state index in [0.717, 1.165) is 0 Å². The van der Waals surface area contributed by atoms with Crippen LogP contribution in [0.3, 0.4) is 0 Å². The van der Waals surface area contributed by atoms with Crippen LogP contribution in [0.4, 0.5) is 0 Å². The third kappa shape index (κ3) is 10.3. The highest BCUT2D eigenvalue weighted by Crippen LogP contribution is 2.02. The summed E-state index contributed by atoms with van der Waals surface area (Å²) < 4.78 is 0. The van der Waals surface area contributed by atoms with E-state index in [1.165, 1.54) is 0 Å².